The van der Waals surface area contributed by atoms with Crippen molar-refractivity contribution in [2.24, 2.45) is 0 Å². The average Bonchev–Trinajstić information content (AvgIpc) is 2.05. The Hall–Kier alpha value is -0.800. The van der Waals surface area contributed by atoms with E-state index in [1.165, 1.54) is 6.07 Å². The molecule has 0 saturated heterocycles. The molecule has 0 aliphatic heterocycles. The minimum atomic E-state index is -1.10. The number of aliphatic carboxylic acids is 1. The molecule has 0 fully saturated rings. The number of halogens is 3. The first kappa shape index (κ1) is 10.3. The van der Waals surface area contributed by atoms with Crippen LogP contribution in [0.25, 0.3) is 0 Å². The van der Waals surface area contributed by atoms with Crippen molar-refractivity contribution in [2.75, 3.05) is 0 Å². The average molecular weight is 223 g/mol. The molecule has 0 amide bonds. The van der Waals surface area contributed by atoms with E-state index in [4.69, 9.17) is 28.3 Å². The molecular weight excluding hydrogens is 218 g/mol. The molecule has 1 aromatic carbocycles. The van der Waals surface area contributed by atoms with Gasteiger partial charge in [-0.3, -0.25) is 4.79 Å². The topological polar surface area (TPSA) is 37.3 Å². The molecule has 0 bridgehead atoms. The number of rotatable bonds is 2. The number of benzene rings is 1. The summed E-state index contributed by atoms with van der Waals surface area (Å²) in [7, 11) is 0. The maximum absolute atomic E-state index is 12.8. The Morgan fingerprint density at radius 3 is 2.62 bits per heavy atom. The molecule has 0 unspecified atom stereocenters. The summed E-state index contributed by atoms with van der Waals surface area (Å²) < 4.78 is 12.8. The Morgan fingerprint density at radius 1 is 1.46 bits per heavy atom. The van der Waals surface area contributed by atoms with E-state index in [0.717, 1.165) is 6.07 Å². The van der Waals surface area contributed by atoms with Crippen LogP contribution in [-0.4, -0.2) is 11.1 Å². The lowest BCUT2D eigenvalue weighted by Gasteiger charge is -2.04. The van der Waals surface area contributed by atoms with E-state index in [-0.39, 0.29) is 22.0 Å². The van der Waals surface area contributed by atoms with Crippen molar-refractivity contribution in [3.8, 4) is 0 Å². The molecule has 0 aliphatic rings. The molecule has 0 spiro atoms. The quantitative estimate of drug-likeness (QED) is 0.782. The predicted octanol–water partition coefficient (Wildman–Crippen LogP) is 2.76. The van der Waals surface area contributed by atoms with Gasteiger partial charge < -0.3 is 5.11 Å². The second-order valence-corrected chi connectivity index (χ2v) is 3.18. The third-order valence-corrected chi connectivity index (χ3v) is 2.23. The van der Waals surface area contributed by atoms with E-state index in [9.17, 15) is 9.18 Å². The van der Waals surface area contributed by atoms with Crippen molar-refractivity contribution >= 4 is 29.2 Å². The van der Waals surface area contributed by atoms with Crippen molar-refractivity contribution in [1.29, 1.82) is 0 Å². The molecule has 2 nitrogen and oxygen atoms in total. The van der Waals surface area contributed by atoms with Gasteiger partial charge in [0.2, 0.25) is 0 Å². The summed E-state index contributed by atoms with van der Waals surface area (Å²) in [5.41, 5.74) is 0.107. The predicted molar refractivity (Wildman–Crippen MR) is 47.8 cm³/mol. The zero-order chi connectivity index (χ0) is 10.0. The second kappa shape index (κ2) is 3.94. The van der Waals surface area contributed by atoms with Crippen LogP contribution in [0.5, 0.6) is 0 Å². The SMILES string of the molecule is O=C(O)Cc1c(Cl)ccc(F)c1Cl. The molecule has 13 heavy (non-hydrogen) atoms. The number of carboxylic acid groups (broad SMARTS) is 1. The fraction of sp³-hybridized carbons (Fsp3) is 0.125. The molecule has 5 heteroatoms. The fourth-order valence-corrected chi connectivity index (χ4v) is 1.39. The Kier molecular flexibility index (Phi) is 3.12. The first-order chi connectivity index (χ1) is 6.02. The highest BCUT2D eigenvalue weighted by Crippen LogP contribution is 2.27. The van der Waals surface area contributed by atoms with E-state index in [1.54, 1.807) is 0 Å². The number of carbonyl (C=O) groups is 1. The summed E-state index contributed by atoms with van der Waals surface area (Å²) >= 11 is 11.2. The maximum atomic E-state index is 12.8. The lowest BCUT2D eigenvalue weighted by atomic mass is 10.1. The number of hydrogen-bond donors (Lipinski definition) is 1. The van der Waals surface area contributed by atoms with Crippen LogP contribution in [0.2, 0.25) is 10.0 Å². The summed E-state index contributed by atoms with van der Waals surface area (Å²) in [6.45, 7) is 0. The molecule has 0 saturated carbocycles. The van der Waals surface area contributed by atoms with E-state index in [2.05, 4.69) is 0 Å². The van der Waals surface area contributed by atoms with Gasteiger partial charge in [0.15, 0.2) is 0 Å². The van der Waals surface area contributed by atoms with Gasteiger partial charge in [-0.2, -0.15) is 0 Å². The molecule has 0 aliphatic carbocycles. The molecule has 1 rings (SSSR count). The summed E-state index contributed by atoms with van der Waals surface area (Å²) in [5, 5.41) is 8.40. The van der Waals surface area contributed by atoms with Crippen molar-refractivity contribution in [2.45, 2.75) is 6.42 Å². The van der Waals surface area contributed by atoms with Crippen LogP contribution in [0, 0.1) is 5.82 Å². The lowest BCUT2D eigenvalue weighted by Crippen LogP contribution is -2.02. The lowest BCUT2D eigenvalue weighted by molar-refractivity contribution is -0.136. The monoisotopic (exact) mass is 222 g/mol. The molecule has 70 valence electrons. The highest BCUT2D eigenvalue weighted by atomic mass is 35.5. The van der Waals surface area contributed by atoms with Crippen LogP contribution in [0.4, 0.5) is 4.39 Å². The molecule has 0 aromatic heterocycles. The first-order valence-corrected chi connectivity index (χ1v) is 4.12. The Labute approximate surface area is 83.9 Å². The van der Waals surface area contributed by atoms with Crippen molar-refractivity contribution in [3.05, 3.63) is 33.6 Å². The van der Waals surface area contributed by atoms with Crippen LogP contribution >= 0.6 is 23.2 Å². The summed E-state index contributed by atoms with van der Waals surface area (Å²) in [6.07, 6.45) is -0.380. The molecule has 1 aromatic rings. The van der Waals surface area contributed by atoms with Gasteiger partial charge in [0.05, 0.1) is 11.4 Å². The zero-order valence-electron chi connectivity index (χ0n) is 6.35. The van der Waals surface area contributed by atoms with Gasteiger partial charge in [-0.25, -0.2) is 4.39 Å². The highest BCUT2D eigenvalue weighted by molar-refractivity contribution is 6.36. The Bertz CT molecular complexity index is 352. The molecule has 1 N–H and O–H groups in total. The normalized spacial score (nSPS) is 10.1. The van der Waals surface area contributed by atoms with Crippen LogP contribution in [0.1, 0.15) is 5.56 Å². The number of carboxylic acids is 1. The van der Waals surface area contributed by atoms with Crippen molar-refractivity contribution < 1.29 is 14.3 Å². The van der Waals surface area contributed by atoms with Gasteiger partial charge in [-0.1, -0.05) is 23.2 Å². The molecule has 0 radical (unpaired) electrons. The first-order valence-electron chi connectivity index (χ1n) is 3.36. The molecule has 0 atom stereocenters. The second-order valence-electron chi connectivity index (χ2n) is 2.39. The van der Waals surface area contributed by atoms with Crippen LogP contribution in [0.15, 0.2) is 12.1 Å². The fourth-order valence-electron chi connectivity index (χ4n) is 0.882. The van der Waals surface area contributed by atoms with E-state index in [0.29, 0.717) is 0 Å². The zero-order valence-corrected chi connectivity index (χ0v) is 7.86. The molecular formula is C8H5Cl2FO2. The summed E-state index contributed by atoms with van der Waals surface area (Å²) in [4.78, 5) is 10.3. The standard InChI is InChI=1S/C8H5Cl2FO2/c9-5-1-2-6(11)8(10)4(5)3-7(12)13/h1-2H,3H2,(H,12,13). The van der Waals surface area contributed by atoms with E-state index < -0.39 is 11.8 Å². The molecule has 0 heterocycles. The van der Waals surface area contributed by atoms with Crippen molar-refractivity contribution in [1.82, 2.24) is 0 Å². The Balaban J connectivity index is 3.17. The highest BCUT2D eigenvalue weighted by Gasteiger charge is 2.13. The van der Waals surface area contributed by atoms with Gasteiger partial charge >= 0.3 is 5.97 Å². The van der Waals surface area contributed by atoms with Crippen molar-refractivity contribution in [3.63, 3.8) is 0 Å². The van der Waals surface area contributed by atoms with Gasteiger partial charge in [0.25, 0.3) is 0 Å². The minimum Gasteiger partial charge on any atom is -0.481 e. The van der Waals surface area contributed by atoms with E-state index >= 15 is 0 Å². The maximum Gasteiger partial charge on any atom is 0.307 e. The van der Waals surface area contributed by atoms with Crippen LogP contribution < -0.4 is 0 Å². The van der Waals surface area contributed by atoms with Gasteiger partial charge in [0, 0.05) is 10.6 Å². The minimum absolute atomic E-state index is 0.107. The van der Waals surface area contributed by atoms with E-state index in [1.807, 2.05) is 0 Å². The van der Waals surface area contributed by atoms with Gasteiger partial charge in [-0.05, 0) is 12.1 Å². The van der Waals surface area contributed by atoms with Crippen LogP contribution in [0.3, 0.4) is 0 Å². The largest absolute Gasteiger partial charge is 0.481 e. The third kappa shape index (κ3) is 2.32. The van der Waals surface area contributed by atoms with Gasteiger partial charge in [0.1, 0.15) is 5.82 Å². The summed E-state index contributed by atoms with van der Waals surface area (Å²) in [6, 6.07) is 2.37. The van der Waals surface area contributed by atoms with Gasteiger partial charge in [-0.15, -0.1) is 0 Å². The van der Waals surface area contributed by atoms with Crippen LogP contribution in [-0.2, 0) is 11.2 Å². The Morgan fingerprint density at radius 2 is 2.08 bits per heavy atom. The number of hydrogen-bond acceptors (Lipinski definition) is 1. The smallest absolute Gasteiger partial charge is 0.307 e. The third-order valence-electron chi connectivity index (χ3n) is 1.47. The summed E-state index contributed by atoms with van der Waals surface area (Å²) in [5.74, 6) is -1.77.